The van der Waals surface area contributed by atoms with Gasteiger partial charge in [-0.1, -0.05) is 23.2 Å². The number of hydrogen-bond acceptors (Lipinski definition) is 9. The molecule has 1 aromatic heterocycles. The van der Waals surface area contributed by atoms with Crippen LogP contribution in [0.5, 0.6) is 17.2 Å². The lowest BCUT2D eigenvalue weighted by molar-refractivity contribution is 0.145. The van der Waals surface area contributed by atoms with Crippen LogP contribution >= 0.6 is 23.2 Å². The topological polar surface area (TPSA) is 166 Å². The second-order valence-corrected chi connectivity index (χ2v) is 10.5. The standard InChI is InChI=1S/C26H29Cl2N5O3.C3H8O.2H2O/c1-32-6-8-33(9-7-32)5-4-10-36-25-13-21-18(11-24(25)35-3)26(17(15-29)16-30-21)31-22-14-23(34-2)20(28)12-19(22)27;1-3(2)4;;/h11-14,16H,4-10H2,1-3H3,(H,30,31);3-4H,1-2H3;2*1H2. The van der Waals surface area contributed by atoms with Gasteiger partial charge in [0.2, 0.25) is 0 Å². The number of nitriles is 1. The largest absolute Gasteiger partial charge is 0.495 e. The maximum Gasteiger partial charge on any atom is 0.163 e. The highest BCUT2D eigenvalue weighted by atomic mass is 35.5. The van der Waals surface area contributed by atoms with E-state index in [0.29, 0.717) is 61.7 Å². The third kappa shape index (κ3) is 10.0. The molecule has 2 heterocycles. The van der Waals surface area contributed by atoms with Crippen LogP contribution in [0.3, 0.4) is 0 Å². The molecule has 2 aromatic carbocycles. The van der Waals surface area contributed by atoms with Crippen LogP contribution < -0.4 is 19.5 Å². The number of aromatic nitrogens is 1. The minimum Gasteiger partial charge on any atom is -0.495 e. The van der Waals surface area contributed by atoms with Crippen LogP contribution in [0.25, 0.3) is 10.9 Å². The predicted molar refractivity (Wildman–Crippen MR) is 168 cm³/mol. The first kappa shape index (κ1) is 36.9. The Labute approximate surface area is 257 Å². The van der Waals surface area contributed by atoms with Crippen LogP contribution in [0.1, 0.15) is 25.8 Å². The third-order valence-corrected chi connectivity index (χ3v) is 6.86. The van der Waals surface area contributed by atoms with Crippen LogP contribution in [0.2, 0.25) is 10.0 Å². The lowest BCUT2D eigenvalue weighted by atomic mass is 10.1. The molecule has 232 valence electrons. The zero-order chi connectivity index (χ0) is 29.2. The van der Waals surface area contributed by atoms with Crippen LogP contribution in [0.15, 0.2) is 30.5 Å². The number of hydrogen-bond donors (Lipinski definition) is 2. The van der Waals surface area contributed by atoms with Gasteiger partial charge in [0.25, 0.3) is 0 Å². The van der Waals surface area contributed by atoms with Crippen LogP contribution in [0.4, 0.5) is 11.4 Å². The van der Waals surface area contributed by atoms with E-state index in [1.165, 1.54) is 13.3 Å². The summed E-state index contributed by atoms with van der Waals surface area (Å²) >= 11 is 12.6. The second-order valence-electron chi connectivity index (χ2n) is 9.71. The highest BCUT2D eigenvalue weighted by Crippen LogP contribution is 2.40. The number of likely N-dealkylation sites (N-methyl/N-ethyl adjacent to an activating group) is 1. The third-order valence-electron chi connectivity index (χ3n) is 6.25. The molecule has 0 aliphatic carbocycles. The summed E-state index contributed by atoms with van der Waals surface area (Å²) in [4.78, 5) is 9.28. The summed E-state index contributed by atoms with van der Waals surface area (Å²) in [5.74, 6) is 1.63. The fraction of sp³-hybridized carbons (Fsp3) is 0.448. The lowest BCUT2D eigenvalue weighted by Gasteiger charge is -2.32. The number of aliphatic hydroxyl groups excluding tert-OH is 1. The maximum absolute atomic E-state index is 9.75. The van der Waals surface area contributed by atoms with E-state index in [1.807, 2.05) is 12.1 Å². The lowest BCUT2D eigenvalue weighted by Crippen LogP contribution is -2.44. The monoisotopic (exact) mass is 625 g/mol. The summed E-state index contributed by atoms with van der Waals surface area (Å²) in [6.45, 7) is 9.36. The van der Waals surface area contributed by atoms with Gasteiger partial charge in [0.1, 0.15) is 11.8 Å². The Kier molecular flexibility index (Phi) is 15.6. The van der Waals surface area contributed by atoms with Gasteiger partial charge in [-0.2, -0.15) is 5.26 Å². The molecular weight excluding hydrogens is 585 g/mol. The maximum atomic E-state index is 9.75. The fourth-order valence-electron chi connectivity index (χ4n) is 4.15. The summed E-state index contributed by atoms with van der Waals surface area (Å²) < 4.78 is 17.0. The molecule has 0 unspecified atom stereocenters. The van der Waals surface area contributed by atoms with Crippen LogP contribution in [-0.4, -0.2) is 97.5 Å². The van der Waals surface area contributed by atoms with E-state index in [0.717, 1.165) is 39.1 Å². The molecule has 13 heteroatoms. The molecule has 0 atom stereocenters. The van der Waals surface area contributed by atoms with Crippen molar-refractivity contribution in [1.29, 1.82) is 5.26 Å². The van der Waals surface area contributed by atoms with E-state index in [1.54, 1.807) is 33.1 Å². The smallest absolute Gasteiger partial charge is 0.163 e. The number of benzene rings is 2. The van der Waals surface area contributed by atoms with Gasteiger partial charge in [-0.25, -0.2) is 0 Å². The van der Waals surface area contributed by atoms with Crippen molar-refractivity contribution < 1.29 is 30.3 Å². The number of anilines is 2. The Morgan fingerprint density at radius 3 is 2.24 bits per heavy atom. The first-order chi connectivity index (χ1) is 19.2. The average molecular weight is 627 g/mol. The van der Waals surface area contributed by atoms with Gasteiger partial charge in [0.15, 0.2) is 11.5 Å². The predicted octanol–water partition coefficient (Wildman–Crippen LogP) is 3.93. The highest BCUT2D eigenvalue weighted by Gasteiger charge is 2.17. The van der Waals surface area contributed by atoms with Crippen LogP contribution in [-0.2, 0) is 0 Å². The van der Waals surface area contributed by atoms with Gasteiger partial charge >= 0.3 is 0 Å². The number of pyridine rings is 1. The van der Waals surface area contributed by atoms with E-state index in [2.05, 4.69) is 33.2 Å². The fourth-order valence-corrected chi connectivity index (χ4v) is 4.66. The SMILES string of the molecule is CC(C)O.COc1cc(Nc2c(C#N)cnc3cc(OCCCN4CCN(C)CC4)c(OC)cc23)c(Cl)cc1Cl.O.O. The van der Waals surface area contributed by atoms with Crippen molar-refractivity contribution in [2.75, 3.05) is 65.9 Å². The molecule has 1 aliphatic rings. The van der Waals surface area contributed by atoms with Crippen molar-refractivity contribution in [2.24, 2.45) is 0 Å². The van der Waals surface area contributed by atoms with Crippen molar-refractivity contribution in [1.82, 2.24) is 14.8 Å². The molecule has 0 spiro atoms. The summed E-state index contributed by atoms with van der Waals surface area (Å²) in [6, 6.07) is 9.12. The molecular formula is C29H41Cl2N5O6. The van der Waals surface area contributed by atoms with E-state index >= 15 is 0 Å². The molecule has 6 N–H and O–H groups in total. The van der Waals surface area contributed by atoms with Gasteiger partial charge in [-0.15, -0.1) is 0 Å². The van der Waals surface area contributed by atoms with Crippen molar-refractivity contribution >= 4 is 45.5 Å². The Balaban J connectivity index is 0.00000138. The van der Waals surface area contributed by atoms with E-state index in [-0.39, 0.29) is 17.1 Å². The van der Waals surface area contributed by atoms with Crippen molar-refractivity contribution in [3.8, 4) is 23.3 Å². The molecule has 0 radical (unpaired) electrons. The molecule has 1 fully saturated rings. The normalized spacial score (nSPS) is 13.2. The summed E-state index contributed by atoms with van der Waals surface area (Å²) in [7, 11) is 5.27. The molecule has 0 amide bonds. The first-order valence-corrected chi connectivity index (χ1v) is 13.8. The number of fused-ring (bicyclic) bond motifs is 1. The van der Waals surface area contributed by atoms with E-state index in [9.17, 15) is 5.26 Å². The molecule has 4 rings (SSSR count). The number of nitrogens with zero attached hydrogens (tertiary/aromatic N) is 4. The molecule has 42 heavy (non-hydrogen) atoms. The average Bonchev–Trinajstić information content (AvgIpc) is 2.92. The Morgan fingerprint density at radius 1 is 1.00 bits per heavy atom. The van der Waals surface area contributed by atoms with Crippen molar-refractivity contribution in [2.45, 2.75) is 26.4 Å². The number of aliphatic hydroxyl groups is 1. The Bertz CT molecular complexity index is 1330. The van der Waals surface area contributed by atoms with E-state index < -0.39 is 0 Å². The number of halogens is 2. The first-order valence-electron chi connectivity index (χ1n) is 13.1. The summed E-state index contributed by atoms with van der Waals surface area (Å²) in [5, 5.41) is 22.5. The molecule has 3 aromatic rings. The number of ether oxygens (including phenoxy) is 3. The summed E-state index contributed by atoms with van der Waals surface area (Å²) in [6.07, 6.45) is 2.27. The summed E-state index contributed by atoms with van der Waals surface area (Å²) in [5.41, 5.74) is 2.11. The Morgan fingerprint density at radius 2 is 1.64 bits per heavy atom. The van der Waals surface area contributed by atoms with Gasteiger partial charge in [-0.05, 0) is 39.4 Å². The molecule has 1 aliphatic heterocycles. The zero-order valence-corrected chi connectivity index (χ0v) is 26.1. The highest BCUT2D eigenvalue weighted by molar-refractivity contribution is 6.37. The number of rotatable bonds is 9. The molecule has 0 saturated carbocycles. The van der Waals surface area contributed by atoms with Gasteiger partial charge < -0.3 is 45.4 Å². The number of methoxy groups -OCH3 is 2. The van der Waals surface area contributed by atoms with Gasteiger partial charge in [0, 0.05) is 62.5 Å². The number of nitrogens with one attached hydrogen (secondary N) is 1. The Hall–Kier alpha value is -3.08. The van der Waals surface area contributed by atoms with E-state index in [4.69, 9.17) is 42.5 Å². The zero-order valence-electron chi connectivity index (χ0n) is 24.6. The molecule has 1 saturated heterocycles. The minimum atomic E-state index is -0.167. The number of piperazine rings is 1. The molecule has 0 bridgehead atoms. The molecule has 11 nitrogen and oxygen atoms in total. The van der Waals surface area contributed by atoms with Crippen LogP contribution in [0, 0.1) is 11.3 Å². The second kappa shape index (κ2) is 17.8. The minimum absolute atomic E-state index is 0. The van der Waals surface area contributed by atoms with Crippen molar-refractivity contribution in [3.63, 3.8) is 0 Å². The van der Waals surface area contributed by atoms with Gasteiger partial charge in [0.05, 0.1) is 53.3 Å². The van der Waals surface area contributed by atoms with Crippen molar-refractivity contribution in [3.05, 3.63) is 46.1 Å². The quantitative estimate of drug-likeness (QED) is 0.335. The van der Waals surface area contributed by atoms with Gasteiger partial charge in [-0.3, -0.25) is 4.98 Å².